The first-order valence-corrected chi connectivity index (χ1v) is 6.08. The van der Waals surface area contributed by atoms with Gasteiger partial charge in [-0.05, 0) is 33.1 Å². The van der Waals surface area contributed by atoms with Gasteiger partial charge in [0.1, 0.15) is 6.10 Å². The van der Waals surface area contributed by atoms with Gasteiger partial charge >= 0.3 is 12.1 Å². The molecule has 0 bridgehead atoms. The summed E-state index contributed by atoms with van der Waals surface area (Å²) in [5.41, 5.74) is -0.701. The predicted octanol–water partition coefficient (Wildman–Crippen LogP) is 2.11. The fourth-order valence-corrected chi connectivity index (χ4v) is 1.73. The summed E-state index contributed by atoms with van der Waals surface area (Å²) in [5, 5.41) is 9.07. The van der Waals surface area contributed by atoms with Crippen LogP contribution < -0.4 is 0 Å². The molecule has 1 heterocycles. The van der Waals surface area contributed by atoms with Gasteiger partial charge in [0.25, 0.3) is 0 Å². The van der Waals surface area contributed by atoms with Crippen LogP contribution in [0.4, 0.5) is 4.79 Å². The molecule has 1 amide bonds. The molecule has 0 spiro atoms. The van der Waals surface area contributed by atoms with Gasteiger partial charge in [-0.15, -0.1) is 0 Å². The summed E-state index contributed by atoms with van der Waals surface area (Å²) in [7, 11) is 0. The Morgan fingerprint density at radius 1 is 1.41 bits per heavy atom. The van der Waals surface area contributed by atoms with Crippen LogP contribution in [0.15, 0.2) is 0 Å². The lowest BCUT2D eigenvalue weighted by atomic mass is 9.81. The first-order valence-electron chi connectivity index (χ1n) is 6.08. The highest BCUT2D eigenvalue weighted by atomic mass is 16.6. The molecule has 1 fully saturated rings. The molecule has 1 rings (SSSR count). The molecule has 1 unspecified atom stereocenters. The standard InChI is InChI=1S/C12H21NO4/c1-4-9(2)17-11(16)13-7-5-12(3,6-8-13)10(14)15/h9H,4-8H2,1-3H3,(H,14,15). The first-order chi connectivity index (χ1) is 7.89. The van der Waals surface area contributed by atoms with Crippen LogP contribution in [0.25, 0.3) is 0 Å². The van der Waals surface area contributed by atoms with E-state index in [0.717, 1.165) is 6.42 Å². The smallest absolute Gasteiger partial charge is 0.410 e. The molecule has 0 aliphatic carbocycles. The van der Waals surface area contributed by atoms with Crippen molar-refractivity contribution in [1.82, 2.24) is 4.90 Å². The monoisotopic (exact) mass is 243 g/mol. The molecule has 98 valence electrons. The summed E-state index contributed by atoms with van der Waals surface area (Å²) in [5.74, 6) is -0.785. The van der Waals surface area contributed by atoms with E-state index in [9.17, 15) is 9.59 Å². The van der Waals surface area contributed by atoms with Gasteiger partial charge in [-0.1, -0.05) is 6.92 Å². The number of amides is 1. The lowest BCUT2D eigenvalue weighted by Crippen LogP contribution is -2.45. The summed E-state index contributed by atoms with van der Waals surface area (Å²) >= 11 is 0. The third-order valence-corrected chi connectivity index (χ3v) is 3.52. The van der Waals surface area contributed by atoms with Crippen molar-refractivity contribution in [3.05, 3.63) is 0 Å². The molecule has 1 atom stereocenters. The van der Waals surface area contributed by atoms with E-state index < -0.39 is 11.4 Å². The molecule has 17 heavy (non-hydrogen) atoms. The lowest BCUT2D eigenvalue weighted by Gasteiger charge is -2.36. The Balaban J connectivity index is 2.47. The number of carboxylic acids is 1. The number of carbonyl (C=O) groups is 2. The van der Waals surface area contributed by atoms with Gasteiger partial charge in [0.15, 0.2) is 0 Å². The van der Waals surface area contributed by atoms with Crippen molar-refractivity contribution in [2.24, 2.45) is 5.41 Å². The Morgan fingerprint density at radius 3 is 2.35 bits per heavy atom. The van der Waals surface area contributed by atoms with Crippen LogP contribution in [-0.2, 0) is 9.53 Å². The van der Waals surface area contributed by atoms with Crippen LogP contribution in [0, 0.1) is 5.41 Å². The number of nitrogens with zero attached hydrogens (tertiary/aromatic N) is 1. The van der Waals surface area contributed by atoms with Crippen LogP contribution in [0.1, 0.15) is 40.0 Å². The van der Waals surface area contributed by atoms with Crippen molar-refractivity contribution in [1.29, 1.82) is 0 Å². The van der Waals surface area contributed by atoms with E-state index in [1.807, 2.05) is 13.8 Å². The number of likely N-dealkylation sites (tertiary alicyclic amines) is 1. The number of hydrogen-bond donors (Lipinski definition) is 1. The Hall–Kier alpha value is -1.26. The van der Waals surface area contributed by atoms with Gasteiger partial charge in [0.2, 0.25) is 0 Å². The van der Waals surface area contributed by atoms with Crippen molar-refractivity contribution in [3.63, 3.8) is 0 Å². The summed E-state index contributed by atoms with van der Waals surface area (Å²) in [6.45, 7) is 6.45. The van der Waals surface area contributed by atoms with Crippen LogP contribution in [0.3, 0.4) is 0 Å². The highest BCUT2D eigenvalue weighted by Gasteiger charge is 2.38. The predicted molar refractivity (Wildman–Crippen MR) is 62.8 cm³/mol. The Kier molecular flexibility index (Phi) is 4.37. The largest absolute Gasteiger partial charge is 0.481 e. The molecule has 0 aromatic rings. The average molecular weight is 243 g/mol. The number of hydrogen-bond acceptors (Lipinski definition) is 3. The first kappa shape index (κ1) is 13.8. The zero-order valence-corrected chi connectivity index (χ0v) is 10.7. The Labute approximate surface area is 102 Å². The molecule has 1 saturated heterocycles. The molecule has 0 aromatic heterocycles. The third kappa shape index (κ3) is 3.35. The highest BCUT2D eigenvalue weighted by molar-refractivity contribution is 5.75. The van der Waals surface area contributed by atoms with E-state index in [1.165, 1.54) is 0 Å². The highest BCUT2D eigenvalue weighted by Crippen LogP contribution is 2.31. The summed E-state index contributed by atoms with van der Waals surface area (Å²) in [4.78, 5) is 24.3. The van der Waals surface area contributed by atoms with E-state index >= 15 is 0 Å². The van der Waals surface area contributed by atoms with Crippen LogP contribution >= 0.6 is 0 Å². The van der Waals surface area contributed by atoms with Gasteiger partial charge in [-0.2, -0.15) is 0 Å². The summed E-state index contributed by atoms with van der Waals surface area (Å²) < 4.78 is 5.21. The van der Waals surface area contributed by atoms with Crippen LogP contribution in [0.5, 0.6) is 0 Å². The minimum Gasteiger partial charge on any atom is -0.481 e. The van der Waals surface area contributed by atoms with Gasteiger partial charge < -0.3 is 14.7 Å². The van der Waals surface area contributed by atoms with E-state index in [0.29, 0.717) is 25.9 Å². The maximum Gasteiger partial charge on any atom is 0.410 e. The number of carboxylic acid groups (broad SMARTS) is 1. The number of aliphatic carboxylic acids is 1. The van der Waals surface area contributed by atoms with E-state index in [4.69, 9.17) is 9.84 Å². The van der Waals surface area contributed by atoms with Gasteiger partial charge in [0, 0.05) is 13.1 Å². The second-order valence-electron chi connectivity index (χ2n) is 4.96. The third-order valence-electron chi connectivity index (χ3n) is 3.52. The van der Waals surface area contributed by atoms with Crippen molar-refractivity contribution in [2.75, 3.05) is 13.1 Å². The van der Waals surface area contributed by atoms with Crippen LogP contribution in [-0.4, -0.2) is 41.3 Å². The van der Waals surface area contributed by atoms with Crippen molar-refractivity contribution < 1.29 is 19.4 Å². The molecular weight excluding hydrogens is 222 g/mol. The number of carbonyl (C=O) groups excluding carboxylic acids is 1. The number of rotatable bonds is 3. The maximum atomic E-state index is 11.7. The Bertz CT molecular complexity index is 295. The molecule has 1 aliphatic rings. The van der Waals surface area contributed by atoms with Crippen molar-refractivity contribution >= 4 is 12.1 Å². The van der Waals surface area contributed by atoms with Crippen molar-refractivity contribution in [2.45, 2.75) is 46.1 Å². The second-order valence-corrected chi connectivity index (χ2v) is 4.96. The average Bonchev–Trinajstić information content (AvgIpc) is 2.29. The maximum absolute atomic E-state index is 11.7. The van der Waals surface area contributed by atoms with E-state index in [-0.39, 0.29) is 12.2 Å². The molecular formula is C12H21NO4. The number of ether oxygens (including phenoxy) is 1. The molecule has 5 nitrogen and oxygen atoms in total. The van der Waals surface area contributed by atoms with E-state index in [1.54, 1.807) is 11.8 Å². The fraction of sp³-hybridized carbons (Fsp3) is 0.833. The quantitative estimate of drug-likeness (QED) is 0.824. The SMILES string of the molecule is CCC(C)OC(=O)N1CCC(C)(C(=O)O)CC1. The molecule has 5 heteroatoms. The molecule has 1 aliphatic heterocycles. The molecule has 0 saturated carbocycles. The van der Waals surface area contributed by atoms with Gasteiger partial charge in [0.05, 0.1) is 5.41 Å². The van der Waals surface area contributed by atoms with Crippen molar-refractivity contribution in [3.8, 4) is 0 Å². The fourth-order valence-electron chi connectivity index (χ4n) is 1.73. The molecule has 0 aromatic carbocycles. The minimum absolute atomic E-state index is 0.0877. The summed E-state index contributed by atoms with van der Waals surface area (Å²) in [6, 6.07) is 0. The van der Waals surface area contributed by atoms with Gasteiger partial charge in [-0.3, -0.25) is 4.79 Å². The Morgan fingerprint density at radius 2 is 1.94 bits per heavy atom. The molecule has 0 radical (unpaired) electrons. The second kappa shape index (κ2) is 5.38. The van der Waals surface area contributed by atoms with E-state index in [2.05, 4.69) is 0 Å². The zero-order valence-electron chi connectivity index (χ0n) is 10.7. The van der Waals surface area contributed by atoms with Gasteiger partial charge in [-0.25, -0.2) is 4.79 Å². The number of piperidine rings is 1. The molecule has 1 N–H and O–H groups in total. The minimum atomic E-state index is -0.785. The lowest BCUT2D eigenvalue weighted by molar-refractivity contribution is -0.150. The zero-order chi connectivity index (χ0) is 13.1. The summed E-state index contributed by atoms with van der Waals surface area (Å²) in [6.07, 6.45) is 1.34. The van der Waals surface area contributed by atoms with Crippen LogP contribution in [0.2, 0.25) is 0 Å². The normalized spacial score (nSPS) is 20.8. The topological polar surface area (TPSA) is 66.8 Å².